The third-order valence-electron chi connectivity index (χ3n) is 6.13. The first-order chi connectivity index (χ1) is 16.7. The Kier molecular flexibility index (Phi) is 6.97. The van der Waals surface area contributed by atoms with E-state index < -0.39 is 5.82 Å². The number of piperidine rings is 1. The van der Waals surface area contributed by atoms with Crippen LogP contribution >= 0.6 is 11.3 Å². The van der Waals surface area contributed by atoms with E-state index in [1.807, 2.05) is 48.5 Å². The minimum Gasteiger partial charge on any atom is -0.494 e. The Morgan fingerprint density at radius 2 is 1.68 bits per heavy atom. The van der Waals surface area contributed by atoms with E-state index in [0.717, 1.165) is 38.6 Å². The van der Waals surface area contributed by atoms with Crippen LogP contribution < -0.4 is 14.2 Å². The number of thiophene rings is 1. The summed E-state index contributed by atoms with van der Waals surface area (Å²) in [5.41, 5.74) is 0.757. The summed E-state index contributed by atoms with van der Waals surface area (Å²) in [7, 11) is 1.47. The Bertz CT molecular complexity index is 1250. The molecular formula is C28H28FNO3S. The molecule has 0 atom stereocenters. The Balaban J connectivity index is 1.34. The van der Waals surface area contributed by atoms with Crippen molar-refractivity contribution in [2.45, 2.75) is 19.3 Å². The third kappa shape index (κ3) is 5.03. The lowest BCUT2D eigenvalue weighted by Gasteiger charge is -2.26. The van der Waals surface area contributed by atoms with Crippen LogP contribution in [0.1, 0.15) is 19.3 Å². The molecule has 1 fully saturated rings. The number of halogens is 1. The highest BCUT2D eigenvalue weighted by atomic mass is 32.1. The van der Waals surface area contributed by atoms with Crippen molar-refractivity contribution in [1.29, 1.82) is 0 Å². The van der Waals surface area contributed by atoms with Crippen molar-refractivity contribution in [1.82, 2.24) is 4.90 Å². The van der Waals surface area contributed by atoms with Crippen LogP contribution in [0.5, 0.6) is 23.0 Å². The summed E-state index contributed by atoms with van der Waals surface area (Å²) in [6.07, 6.45) is 3.91. The number of hydrogen-bond donors (Lipinski definition) is 0. The van der Waals surface area contributed by atoms with Crippen LogP contribution in [0, 0.1) is 5.82 Å². The molecule has 1 aliphatic rings. The largest absolute Gasteiger partial charge is 0.494 e. The summed E-state index contributed by atoms with van der Waals surface area (Å²) in [6, 6.07) is 20.8. The average Bonchev–Trinajstić information content (AvgIpc) is 3.24. The molecule has 176 valence electrons. The van der Waals surface area contributed by atoms with Gasteiger partial charge < -0.3 is 14.2 Å². The molecule has 6 heteroatoms. The van der Waals surface area contributed by atoms with Crippen molar-refractivity contribution < 1.29 is 18.6 Å². The van der Waals surface area contributed by atoms with Crippen molar-refractivity contribution in [3.05, 3.63) is 72.5 Å². The molecule has 3 aromatic carbocycles. The maximum atomic E-state index is 14.4. The number of fused-ring (bicyclic) bond motifs is 1. The van der Waals surface area contributed by atoms with E-state index >= 15 is 0 Å². The molecule has 34 heavy (non-hydrogen) atoms. The second kappa shape index (κ2) is 10.5. The summed E-state index contributed by atoms with van der Waals surface area (Å²) in [5.74, 6) is 2.10. The molecule has 0 radical (unpaired) electrons. The van der Waals surface area contributed by atoms with Gasteiger partial charge in [0.15, 0.2) is 17.3 Å². The Morgan fingerprint density at radius 3 is 2.44 bits per heavy atom. The SMILES string of the molecule is COc1ccc(-c2sc3ccccc3c2Oc2ccc(OCCN3CCCCC3)cc2)cc1F. The molecule has 0 unspecified atom stereocenters. The van der Waals surface area contributed by atoms with Crippen LogP contribution in [0.4, 0.5) is 4.39 Å². The Labute approximate surface area is 203 Å². The van der Waals surface area contributed by atoms with Crippen molar-refractivity contribution in [3.8, 4) is 33.4 Å². The predicted molar refractivity (Wildman–Crippen MR) is 136 cm³/mol. The third-order valence-corrected chi connectivity index (χ3v) is 7.33. The summed E-state index contributed by atoms with van der Waals surface area (Å²) < 4.78 is 32.9. The van der Waals surface area contributed by atoms with Crippen LogP contribution in [-0.2, 0) is 0 Å². The lowest BCUT2D eigenvalue weighted by atomic mass is 10.1. The highest BCUT2D eigenvalue weighted by Gasteiger charge is 2.18. The fourth-order valence-corrected chi connectivity index (χ4v) is 5.44. The first-order valence-electron chi connectivity index (χ1n) is 11.7. The van der Waals surface area contributed by atoms with Gasteiger partial charge in [-0.15, -0.1) is 11.3 Å². The van der Waals surface area contributed by atoms with Gasteiger partial charge in [0.05, 0.1) is 12.0 Å². The highest BCUT2D eigenvalue weighted by molar-refractivity contribution is 7.22. The number of benzene rings is 3. The maximum absolute atomic E-state index is 14.4. The van der Waals surface area contributed by atoms with Crippen molar-refractivity contribution >= 4 is 21.4 Å². The average molecular weight is 478 g/mol. The summed E-state index contributed by atoms with van der Waals surface area (Å²) in [5, 5.41) is 1.00. The van der Waals surface area contributed by atoms with Gasteiger partial charge >= 0.3 is 0 Å². The number of rotatable bonds is 8. The molecule has 1 aliphatic heterocycles. The molecule has 0 amide bonds. The molecule has 0 N–H and O–H groups in total. The van der Waals surface area contributed by atoms with Gasteiger partial charge in [0, 0.05) is 16.6 Å². The number of nitrogens with zero attached hydrogens (tertiary/aromatic N) is 1. The molecule has 4 aromatic rings. The summed E-state index contributed by atoms with van der Waals surface area (Å²) in [6.45, 7) is 3.99. The van der Waals surface area contributed by atoms with Crippen molar-refractivity contribution in [2.75, 3.05) is 33.4 Å². The van der Waals surface area contributed by atoms with Crippen LogP contribution in [-0.4, -0.2) is 38.3 Å². The Hall–Kier alpha value is -3.09. The van der Waals surface area contributed by atoms with Gasteiger partial charge in [-0.05, 0) is 86.1 Å². The van der Waals surface area contributed by atoms with Gasteiger partial charge in [-0.25, -0.2) is 4.39 Å². The van der Waals surface area contributed by atoms with Crippen molar-refractivity contribution in [3.63, 3.8) is 0 Å². The van der Waals surface area contributed by atoms with E-state index in [0.29, 0.717) is 12.4 Å². The molecule has 0 bridgehead atoms. The molecule has 0 aliphatic carbocycles. The lowest BCUT2D eigenvalue weighted by molar-refractivity contribution is 0.183. The van der Waals surface area contributed by atoms with Crippen LogP contribution in [0.15, 0.2) is 66.7 Å². The van der Waals surface area contributed by atoms with Crippen molar-refractivity contribution in [2.24, 2.45) is 0 Å². The van der Waals surface area contributed by atoms with E-state index in [1.165, 1.54) is 45.5 Å². The summed E-state index contributed by atoms with van der Waals surface area (Å²) in [4.78, 5) is 3.34. The molecule has 4 nitrogen and oxygen atoms in total. The van der Waals surface area contributed by atoms with Crippen LogP contribution in [0.25, 0.3) is 20.5 Å². The van der Waals surface area contributed by atoms with E-state index in [4.69, 9.17) is 14.2 Å². The lowest BCUT2D eigenvalue weighted by Crippen LogP contribution is -2.33. The number of hydrogen-bond acceptors (Lipinski definition) is 5. The first kappa shape index (κ1) is 22.7. The van der Waals surface area contributed by atoms with Gasteiger partial charge in [0.1, 0.15) is 18.1 Å². The smallest absolute Gasteiger partial charge is 0.165 e. The number of ether oxygens (including phenoxy) is 3. The van der Waals surface area contributed by atoms with Gasteiger partial charge in [0.25, 0.3) is 0 Å². The van der Waals surface area contributed by atoms with Crippen LogP contribution in [0.3, 0.4) is 0 Å². The molecular weight excluding hydrogens is 449 g/mol. The number of likely N-dealkylation sites (tertiary alicyclic amines) is 1. The fourth-order valence-electron chi connectivity index (χ4n) is 4.32. The monoisotopic (exact) mass is 477 g/mol. The molecule has 5 rings (SSSR count). The second-order valence-electron chi connectivity index (χ2n) is 8.43. The topological polar surface area (TPSA) is 30.9 Å². The zero-order valence-electron chi connectivity index (χ0n) is 19.3. The first-order valence-corrected chi connectivity index (χ1v) is 12.5. The molecule has 1 saturated heterocycles. The van der Waals surface area contributed by atoms with Gasteiger partial charge in [-0.1, -0.05) is 18.6 Å². The molecule has 0 spiro atoms. The van der Waals surface area contributed by atoms with Gasteiger partial charge in [-0.2, -0.15) is 0 Å². The van der Waals surface area contributed by atoms with Gasteiger partial charge in [0.2, 0.25) is 0 Å². The zero-order chi connectivity index (χ0) is 23.3. The van der Waals surface area contributed by atoms with Crippen LogP contribution in [0.2, 0.25) is 0 Å². The van der Waals surface area contributed by atoms with E-state index in [2.05, 4.69) is 11.0 Å². The molecule has 1 aromatic heterocycles. The normalized spacial score (nSPS) is 14.3. The maximum Gasteiger partial charge on any atom is 0.165 e. The predicted octanol–water partition coefficient (Wildman–Crippen LogP) is 7.37. The zero-order valence-corrected chi connectivity index (χ0v) is 20.1. The number of methoxy groups -OCH3 is 1. The summed E-state index contributed by atoms with van der Waals surface area (Å²) >= 11 is 1.58. The molecule has 2 heterocycles. The molecule has 0 saturated carbocycles. The van der Waals surface area contributed by atoms with E-state index in [-0.39, 0.29) is 5.75 Å². The van der Waals surface area contributed by atoms with E-state index in [1.54, 1.807) is 17.4 Å². The fraction of sp³-hybridized carbons (Fsp3) is 0.286. The highest BCUT2D eigenvalue weighted by Crippen LogP contribution is 2.46. The quantitative estimate of drug-likeness (QED) is 0.265. The standard InChI is InChI=1S/C28H28FNO3S/c1-31-25-14-9-20(19-24(25)29)28-27(23-7-3-4-8-26(23)34-28)33-22-12-10-21(11-13-22)32-18-17-30-15-5-2-6-16-30/h3-4,7-14,19H,2,5-6,15-18H2,1H3. The second-order valence-corrected chi connectivity index (χ2v) is 9.48. The van der Waals surface area contributed by atoms with E-state index in [9.17, 15) is 4.39 Å². The minimum absolute atomic E-state index is 0.225. The van der Waals surface area contributed by atoms with Gasteiger partial charge in [-0.3, -0.25) is 4.90 Å². The Morgan fingerprint density at radius 1 is 0.912 bits per heavy atom. The minimum atomic E-state index is -0.394.